The van der Waals surface area contributed by atoms with Crippen molar-refractivity contribution < 1.29 is 14.0 Å². The highest BCUT2D eigenvalue weighted by molar-refractivity contribution is 8.07. The second-order valence-electron chi connectivity index (χ2n) is 5.99. The van der Waals surface area contributed by atoms with E-state index in [1.54, 1.807) is 23.9 Å². The molecule has 2 aliphatic rings. The molecule has 0 spiro atoms. The summed E-state index contributed by atoms with van der Waals surface area (Å²) < 4.78 is 13.6. The van der Waals surface area contributed by atoms with E-state index in [4.69, 9.17) is 0 Å². The van der Waals surface area contributed by atoms with E-state index in [-0.39, 0.29) is 28.7 Å². The van der Waals surface area contributed by atoms with Crippen LogP contribution in [0, 0.1) is 5.82 Å². The van der Waals surface area contributed by atoms with Crippen LogP contribution < -0.4 is 5.32 Å². The van der Waals surface area contributed by atoms with E-state index in [0.717, 1.165) is 30.1 Å². The van der Waals surface area contributed by atoms with Gasteiger partial charge in [0.1, 0.15) is 5.82 Å². The normalized spacial score (nSPS) is 22.2. The van der Waals surface area contributed by atoms with E-state index in [1.807, 2.05) is 16.7 Å². The number of nitrogens with one attached hydrogen (secondary N) is 1. The summed E-state index contributed by atoms with van der Waals surface area (Å²) in [6, 6.07) is 5.99. The summed E-state index contributed by atoms with van der Waals surface area (Å²) in [5.41, 5.74) is 0.0756. The maximum atomic E-state index is 13.6. The molecular formula is C17H21FN2O2S2. The molecule has 2 amide bonds. The molecule has 1 atom stereocenters. The lowest BCUT2D eigenvalue weighted by atomic mass is 10.0. The van der Waals surface area contributed by atoms with Gasteiger partial charge in [-0.1, -0.05) is 12.1 Å². The monoisotopic (exact) mass is 368 g/mol. The van der Waals surface area contributed by atoms with Gasteiger partial charge in [-0.05, 0) is 25.0 Å². The minimum Gasteiger partial charge on any atom is -0.349 e. The first-order valence-corrected chi connectivity index (χ1v) is 10.4. The van der Waals surface area contributed by atoms with Crippen LogP contribution in [0.3, 0.4) is 0 Å². The van der Waals surface area contributed by atoms with Crippen molar-refractivity contribution in [1.29, 1.82) is 0 Å². The van der Waals surface area contributed by atoms with Gasteiger partial charge in [0, 0.05) is 36.4 Å². The molecule has 2 aliphatic heterocycles. The minimum absolute atomic E-state index is 0.00506. The number of halogens is 1. The highest BCUT2D eigenvalue weighted by Crippen LogP contribution is 2.26. The minimum atomic E-state index is -0.505. The Morgan fingerprint density at radius 3 is 2.58 bits per heavy atom. The quantitative estimate of drug-likeness (QED) is 0.890. The van der Waals surface area contributed by atoms with Gasteiger partial charge in [-0.15, -0.1) is 11.8 Å². The summed E-state index contributed by atoms with van der Waals surface area (Å²) in [5.74, 6) is 2.40. The fourth-order valence-electron chi connectivity index (χ4n) is 2.99. The fraction of sp³-hybridized carbons (Fsp3) is 0.529. The van der Waals surface area contributed by atoms with Gasteiger partial charge in [-0.3, -0.25) is 9.59 Å². The molecule has 0 aliphatic carbocycles. The Balaban J connectivity index is 1.49. The van der Waals surface area contributed by atoms with Crippen LogP contribution >= 0.6 is 23.5 Å². The third kappa shape index (κ3) is 4.25. The highest BCUT2D eigenvalue weighted by Gasteiger charge is 2.30. The molecule has 1 N–H and O–H groups in total. The molecule has 0 aromatic heterocycles. The molecule has 130 valence electrons. The van der Waals surface area contributed by atoms with Gasteiger partial charge < -0.3 is 10.2 Å². The first-order valence-electron chi connectivity index (χ1n) is 8.18. The molecule has 0 radical (unpaired) electrons. The van der Waals surface area contributed by atoms with Crippen LogP contribution in [0.4, 0.5) is 4.39 Å². The molecule has 1 unspecified atom stereocenters. The zero-order chi connectivity index (χ0) is 16.9. The van der Waals surface area contributed by atoms with Crippen molar-refractivity contribution in [2.75, 3.05) is 30.3 Å². The van der Waals surface area contributed by atoms with Crippen molar-refractivity contribution in [2.24, 2.45) is 0 Å². The number of nitrogens with zero attached hydrogens (tertiary/aromatic N) is 1. The summed E-state index contributed by atoms with van der Waals surface area (Å²) >= 11 is 3.59. The molecule has 3 rings (SSSR count). The first kappa shape index (κ1) is 17.6. The molecule has 2 heterocycles. The molecule has 2 fully saturated rings. The summed E-state index contributed by atoms with van der Waals surface area (Å²) in [4.78, 5) is 26.6. The summed E-state index contributed by atoms with van der Waals surface area (Å²) in [7, 11) is 0. The smallest absolute Gasteiger partial charge is 0.254 e. The fourth-order valence-corrected chi connectivity index (χ4v) is 5.62. The number of hydrogen-bond donors (Lipinski definition) is 1. The van der Waals surface area contributed by atoms with Crippen molar-refractivity contribution in [3.8, 4) is 0 Å². The predicted molar refractivity (Wildman–Crippen MR) is 97.0 cm³/mol. The third-order valence-electron chi connectivity index (χ3n) is 4.35. The average Bonchev–Trinajstić information content (AvgIpc) is 2.63. The zero-order valence-electron chi connectivity index (χ0n) is 13.4. The molecule has 0 bridgehead atoms. The van der Waals surface area contributed by atoms with Crippen LogP contribution in [0.15, 0.2) is 24.3 Å². The van der Waals surface area contributed by atoms with Crippen LogP contribution in [-0.2, 0) is 4.79 Å². The van der Waals surface area contributed by atoms with Crippen LogP contribution in [0.1, 0.15) is 23.2 Å². The summed E-state index contributed by atoms with van der Waals surface area (Å²) in [6.07, 6.45) is 1.44. The number of carbonyl (C=O) groups excluding carboxylic acids is 2. The van der Waals surface area contributed by atoms with Gasteiger partial charge in [0.2, 0.25) is 5.91 Å². The number of hydrogen-bond acceptors (Lipinski definition) is 4. The number of benzene rings is 1. The highest BCUT2D eigenvalue weighted by atomic mass is 32.2. The average molecular weight is 368 g/mol. The van der Waals surface area contributed by atoms with Crippen molar-refractivity contribution >= 4 is 35.3 Å². The van der Waals surface area contributed by atoms with Crippen LogP contribution in [0.25, 0.3) is 0 Å². The van der Waals surface area contributed by atoms with E-state index in [1.165, 1.54) is 12.1 Å². The Morgan fingerprint density at radius 2 is 1.92 bits per heavy atom. The Labute approximate surface area is 149 Å². The molecule has 2 saturated heterocycles. The molecule has 7 heteroatoms. The Kier molecular flexibility index (Phi) is 6.05. The van der Waals surface area contributed by atoms with Gasteiger partial charge in [-0.2, -0.15) is 11.8 Å². The van der Waals surface area contributed by atoms with Gasteiger partial charge in [-0.25, -0.2) is 4.39 Å². The SMILES string of the molecule is O=C(NC1CCN(C(=O)C2CSCCS2)CC1)c1ccccc1F. The second kappa shape index (κ2) is 8.25. The molecule has 1 aromatic rings. The predicted octanol–water partition coefficient (Wildman–Crippen LogP) is 2.40. The second-order valence-corrected chi connectivity index (χ2v) is 8.45. The Bertz CT molecular complexity index is 600. The lowest BCUT2D eigenvalue weighted by molar-refractivity contribution is -0.131. The number of thioether (sulfide) groups is 2. The third-order valence-corrected chi connectivity index (χ3v) is 7.09. The number of rotatable bonds is 3. The van der Waals surface area contributed by atoms with Crippen molar-refractivity contribution in [2.45, 2.75) is 24.1 Å². The number of likely N-dealkylation sites (tertiary alicyclic amines) is 1. The van der Waals surface area contributed by atoms with Crippen LogP contribution in [0.2, 0.25) is 0 Å². The molecule has 1 aromatic carbocycles. The number of amides is 2. The lowest BCUT2D eigenvalue weighted by Crippen LogP contribution is -2.49. The largest absolute Gasteiger partial charge is 0.349 e. The molecular weight excluding hydrogens is 347 g/mol. The van der Waals surface area contributed by atoms with E-state index in [0.29, 0.717) is 13.1 Å². The molecule has 24 heavy (non-hydrogen) atoms. The zero-order valence-corrected chi connectivity index (χ0v) is 15.0. The Hall–Kier alpha value is -1.21. The van der Waals surface area contributed by atoms with E-state index < -0.39 is 5.82 Å². The van der Waals surface area contributed by atoms with E-state index in [2.05, 4.69) is 5.32 Å². The molecule has 0 saturated carbocycles. The first-order chi connectivity index (χ1) is 11.6. The van der Waals surface area contributed by atoms with E-state index >= 15 is 0 Å². The molecule has 4 nitrogen and oxygen atoms in total. The lowest BCUT2D eigenvalue weighted by Gasteiger charge is -2.35. The maximum absolute atomic E-state index is 13.6. The topological polar surface area (TPSA) is 49.4 Å². The summed E-state index contributed by atoms with van der Waals surface area (Å²) in [6.45, 7) is 1.31. The number of piperidine rings is 1. The maximum Gasteiger partial charge on any atom is 0.254 e. The van der Waals surface area contributed by atoms with E-state index in [9.17, 15) is 14.0 Å². The van der Waals surface area contributed by atoms with Gasteiger partial charge in [0.05, 0.1) is 10.8 Å². The van der Waals surface area contributed by atoms with Crippen molar-refractivity contribution in [1.82, 2.24) is 10.2 Å². The standard InChI is InChI=1S/C17H21FN2O2S2/c18-14-4-2-1-3-13(14)16(21)19-12-5-7-20(8-6-12)17(22)15-11-23-9-10-24-15/h1-4,12,15H,5-11H2,(H,19,21). The van der Waals surface area contributed by atoms with Crippen LogP contribution in [0.5, 0.6) is 0 Å². The number of carbonyl (C=O) groups is 2. The van der Waals surface area contributed by atoms with Crippen molar-refractivity contribution in [3.05, 3.63) is 35.6 Å². The van der Waals surface area contributed by atoms with Gasteiger partial charge in [0.25, 0.3) is 5.91 Å². The Morgan fingerprint density at radius 1 is 1.17 bits per heavy atom. The van der Waals surface area contributed by atoms with Gasteiger partial charge in [0.15, 0.2) is 0 Å². The van der Waals surface area contributed by atoms with Crippen molar-refractivity contribution in [3.63, 3.8) is 0 Å². The summed E-state index contributed by atoms with van der Waals surface area (Å²) in [5, 5.41) is 2.97. The van der Waals surface area contributed by atoms with Gasteiger partial charge >= 0.3 is 0 Å². The van der Waals surface area contributed by atoms with Crippen LogP contribution in [-0.4, -0.2) is 58.4 Å².